The molecule has 4 heteroatoms. The molecular weight excluding hydrogens is 228 g/mol. The predicted molar refractivity (Wildman–Crippen MR) is 77.1 cm³/mol. The summed E-state index contributed by atoms with van der Waals surface area (Å²) in [6.07, 6.45) is 2.46. The first-order chi connectivity index (χ1) is 8.61. The lowest BCUT2D eigenvalue weighted by molar-refractivity contribution is 0.0808. The van der Waals surface area contributed by atoms with Gasteiger partial charge in [0.1, 0.15) is 0 Å². The molecule has 0 heterocycles. The molecule has 1 N–H and O–H groups in total. The molecular formula is C14H32N2O2. The number of nitrogens with one attached hydrogen (secondary N) is 1. The van der Waals surface area contributed by atoms with Crippen molar-refractivity contribution in [3.63, 3.8) is 0 Å². The SMILES string of the molecule is CCCC(C)(CNC)CN(CCOC)CCOC. The Balaban J connectivity index is 4.36. The molecule has 110 valence electrons. The second-order valence-electron chi connectivity index (χ2n) is 5.35. The van der Waals surface area contributed by atoms with Gasteiger partial charge in [-0.05, 0) is 18.9 Å². The summed E-state index contributed by atoms with van der Waals surface area (Å²) in [7, 11) is 5.54. The lowest BCUT2D eigenvalue weighted by Gasteiger charge is -2.35. The van der Waals surface area contributed by atoms with E-state index in [0.29, 0.717) is 5.41 Å². The first-order valence-corrected chi connectivity index (χ1v) is 6.96. The summed E-state index contributed by atoms with van der Waals surface area (Å²) in [5.74, 6) is 0. The molecule has 0 aromatic rings. The minimum atomic E-state index is 0.324. The number of hydrogen-bond donors (Lipinski definition) is 1. The highest BCUT2D eigenvalue weighted by Crippen LogP contribution is 2.23. The minimum absolute atomic E-state index is 0.324. The maximum Gasteiger partial charge on any atom is 0.0589 e. The van der Waals surface area contributed by atoms with Crippen LogP contribution in [0, 0.1) is 5.41 Å². The van der Waals surface area contributed by atoms with Crippen LogP contribution in [-0.2, 0) is 9.47 Å². The number of rotatable bonds is 12. The van der Waals surface area contributed by atoms with Gasteiger partial charge in [0.15, 0.2) is 0 Å². The molecule has 0 fully saturated rings. The van der Waals surface area contributed by atoms with Gasteiger partial charge in [-0.25, -0.2) is 0 Å². The van der Waals surface area contributed by atoms with Crippen molar-refractivity contribution in [2.45, 2.75) is 26.7 Å². The zero-order chi connectivity index (χ0) is 13.9. The second kappa shape index (κ2) is 10.7. The van der Waals surface area contributed by atoms with Gasteiger partial charge in [-0.2, -0.15) is 0 Å². The molecule has 0 bridgehead atoms. The summed E-state index contributed by atoms with van der Waals surface area (Å²) in [5.41, 5.74) is 0.324. The number of ether oxygens (including phenoxy) is 2. The van der Waals surface area contributed by atoms with Crippen LogP contribution in [0.1, 0.15) is 26.7 Å². The Kier molecular flexibility index (Phi) is 10.6. The highest BCUT2D eigenvalue weighted by atomic mass is 16.5. The number of nitrogens with zero attached hydrogens (tertiary/aromatic N) is 1. The van der Waals surface area contributed by atoms with E-state index in [1.54, 1.807) is 14.2 Å². The molecule has 1 atom stereocenters. The zero-order valence-electron chi connectivity index (χ0n) is 12.9. The maximum absolute atomic E-state index is 5.19. The Morgan fingerprint density at radius 3 is 2.06 bits per heavy atom. The lowest BCUT2D eigenvalue weighted by Crippen LogP contribution is -2.43. The third kappa shape index (κ3) is 8.03. The highest BCUT2D eigenvalue weighted by Gasteiger charge is 2.25. The topological polar surface area (TPSA) is 33.7 Å². The third-order valence-corrected chi connectivity index (χ3v) is 3.29. The molecule has 0 saturated heterocycles. The van der Waals surface area contributed by atoms with Crippen molar-refractivity contribution in [3.8, 4) is 0 Å². The van der Waals surface area contributed by atoms with Crippen LogP contribution in [0.4, 0.5) is 0 Å². The zero-order valence-corrected chi connectivity index (χ0v) is 12.9. The summed E-state index contributed by atoms with van der Waals surface area (Å²) in [6, 6.07) is 0. The van der Waals surface area contributed by atoms with E-state index < -0.39 is 0 Å². The average molecular weight is 260 g/mol. The monoisotopic (exact) mass is 260 g/mol. The van der Waals surface area contributed by atoms with Crippen LogP contribution < -0.4 is 5.32 Å². The molecule has 4 nitrogen and oxygen atoms in total. The molecule has 18 heavy (non-hydrogen) atoms. The molecule has 0 aliphatic rings. The van der Waals surface area contributed by atoms with Gasteiger partial charge in [0.05, 0.1) is 13.2 Å². The van der Waals surface area contributed by atoms with Crippen LogP contribution in [0.5, 0.6) is 0 Å². The van der Waals surface area contributed by atoms with Crippen molar-refractivity contribution in [3.05, 3.63) is 0 Å². The van der Waals surface area contributed by atoms with Crippen molar-refractivity contribution < 1.29 is 9.47 Å². The standard InChI is InChI=1S/C14H32N2O2/c1-6-7-14(2,12-15-3)13-16(8-10-17-4)9-11-18-5/h15H,6-13H2,1-5H3. The first-order valence-electron chi connectivity index (χ1n) is 6.96. The fourth-order valence-corrected chi connectivity index (χ4v) is 2.50. The Hall–Kier alpha value is -0.160. The number of methoxy groups -OCH3 is 2. The van der Waals surface area contributed by atoms with Gasteiger partial charge in [-0.3, -0.25) is 4.90 Å². The minimum Gasteiger partial charge on any atom is -0.383 e. The fourth-order valence-electron chi connectivity index (χ4n) is 2.50. The molecule has 0 aliphatic carbocycles. The van der Waals surface area contributed by atoms with Gasteiger partial charge in [0.25, 0.3) is 0 Å². The largest absolute Gasteiger partial charge is 0.383 e. The first kappa shape index (κ1) is 17.8. The Bertz CT molecular complexity index is 175. The van der Waals surface area contributed by atoms with E-state index in [1.165, 1.54) is 12.8 Å². The van der Waals surface area contributed by atoms with E-state index in [9.17, 15) is 0 Å². The van der Waals surface area contributed by atoms with Crippen molar-refractivity contribution in [2.75, 3.05) is 60.7 Å². The van der Waals surface area contributed by atoms with Crippen molar-refractivity contribution in [1.29, 1.82) is 0 Å². The maximum atomic E-state index is 5.19. The van der Waals surface area contributed by atoms with Gasteiger partial charge in [0.2, 0.25) is 0 Å². The van der Waals surface area contributed by atoms with E-state index in [1.807, 2.05) is 7.05 Å². The van der Waals surface area contributed by atoms with Crippen LogP contribution in [0.2, 0.25) is 0 Å². The Morgan fingerprint density at radius 1 is 1.11 bits per heavy atom. The molecule has 1 unspecified atom stereocenters. The molecule has 0 aliphatic heterocycles. The van der Waals surface area contributed by atoms with E-state index in [0.717, 1.165) is 39.4 Å². The van der Waals surface area contributed by atoms with Crippen LogP contribution >= 0.6 is 0 Å². The third-order valence-electron chi connectivity index (χ3n) is 3.29. The van der Waals surface area contributed by atoms with Gasteiger partial charge in [-0.1, -0.05) is 20.3 Å². The van der Waals surface area contributed by atoms with E-state index in [-0.39, 0.29) is 0 Å². The molecule has 0 radical (unpaired) electrons. The molecule has 0 amide bonds. The predicted octanol–water partition coefficient (Wildman–Crippen LogP) is 1.61. The molecule has 0 spiro atoms. The summed E-state index contributed by atoms with van der Waals surface area (Å²) in [6.45, 7) is 10.3. The van der Waals surface area contributed by atoms with Gasteiger partial charge in [0, 0.05) is 40.4 Å². The highest BCUT2D eigenvalue weighted by molar-refractivity contribution is 4.80. The van der Waals surface area contributed by atoms with E-state index >= 15 is 0 Å². The van der Waals surface area contributed by atoms with Gasteiger partial charge in [-0.15, -0.1) is 0 Å². The second-order valence-corrected chi connectivity index (χ2v) is 5.35. The van der Waals surface area contributed by atoms with E-state index in [4.69, 9.17) is 9.47 Å². The van der Waals surface area contributed by atoms with Crippen molar-refractivity contribution in [2.24, 2.45) is 5.41 Å². The smallest absolute Gasteiger partial charge is 0.0589 e. The summed E-state index contributed by atoms with van der Waals surface area (Å²) in [4.78, 5) is 2.44. The van der Waals surface area contributed by atoms with Gasteiger partial charge < -0.3 is 14.8 Å². The molecule has 0 aromatic heterocycles. The molecule has 0 saturated carbocycles. The van der Waals surface area contributed by atoms with Crippen LogP contribution in [-0.4, -0.2) is 65.6 Å². The van der Waals surface area contributed by atoms with Gasteiger partial charge >= 0.3 is 0 Å². The fraction of sp³-hybridized carbons (Fsp3) is 1.00. The quantitative estimate of drug-likeness (QED) is 0.578. The van der Waals surface area contributed by atoms with Crippen LogP contribution in [0.25, 0.3) is 0 Å². The summed E-state index contributed by atoms with van der Waals surface area (Å²) < 4.78 is 10.4. The molecule has 0 aromatic carbocycles. The Morgan fingerprint density at radius 2 is 1.67 bits per heavy atom. The number of hydrogen-bond acceptors (Lipinski definition) is 4. The average Bonchev–Trinajstić information content (AvgIpc) is 2.33. The summed E-state index contributed by atoms with van der Waals surface area (Å²) in [5, 5.41) is 3.32. The van der Waals surface area contributed by atoms with Crippen LogP contribution in [0.15, 0.2) is 0 Å². The van der Waals surface area contributed by atoms with Crippen molar-refractivity contribution >= 4 is 0 Å². The van der Waals surface area contributed by atoms with Crippen molar-refractivity contribution in [1.82, 2.24) is 10.2 Å². The summed E-state index contributed by atoms with van der Waals surface area (Å²) >= 11 is 0. The normalized spacial score (nSPS) is 15.0. The van der Waals surface area contributed by atoms with E-state index in [2.05, 4.69) is 24.1 Å². The molecule has 0 rings (SSSR count). The lowest BCUT2D eigenvalue weighted by atomic mass is 9.85. The Labute approximate surface area is 113 Å². The van der Waals surface area contributed by atoms with Crippen LogP contribution in [0.3, 0.4) is 0 Å².